The van der Waals surface area contributed by atoms with E-state index in [-0.39, 0.29) is 35.4 Å². The molecule has 1 aromatic rings. The third-order valence-electron chi connectivity index (χ3n) is 3.55. The highest BCUT2D eigenvalue weighted by atomic mass is 32.1. The molecule has 1 aliphatic rings. The van der Waals surface area contributed by atoms with E-state index < -0.39 is 0 Å². The molecule has 2 rings (SSSR count). The largest absolute Gasteiger partial charge is 0.462 e. The van der Waals surface area contributed by atoms with Gasteiger partial charge in [-0.2, -0.15) is 0 Å². The van der Waals surface area contributed by atoms with Gasteiger partial charge in [0.15, 0.2) is 5.11 Å². The SMILES string of the molecule is Cc1ccc(NC(=S)NC(=O)CCC2CC(C)OC2=O)cc1. The van der Waals surface area contributed by atoms with Crippen LogP contribution in [0.2, 0.25) is 0 Å². The zero-order valence-electron chi connectivity index (χ0n) is 12.7. The Bertz CT molecular complexity index is 571. The summed E-state index contributed by atoms with van der Waals surface area (Å²) in [6, 6.07) is 7.70. The number of hydrogen-bond acceptors (Lipinski definition) is 4. The molecule has 0 spiro atoms. The summed E-state index contributed by atoms with van der Waals surface area (Å²) in [4.78, 5) is 23.3. The summed E-state index contributed by atoms with van der Waals surface area (Å²) >= 11 is 5.10. The molecular formula is C16H20N2O3S. The highest BCUT2D eigenvalue weighted by Gasteiger charge is 2.31. The molecule has 1 saturated heterocycles. The van der Waals surface area contributed by atoms with Crippen LogP contribution in [0.3, 0.4) is 0 Å². The minimum atomic E-state index is -0.208. The molecule has 2 N–H and O–H groups in total. The topological polar surface area (TPSA) is 67.4 Å². The van der Waals surface area contributed by atoms with Gasteiger partial charge in [0.1, 0.15) is 0 Å². The fraction of sp³-hybridized carbons (Fsp3) is 0.438. The number of rotatable bonds is 4. The maximum atomic E-state index is 11.9. The second-order valence-electron chi connectivity index (χ2n) is 5.59. The van der Waals surface area contributed by atoms with E-state index in [1.165, 1.54) is 0 Å². The van der Waals surface area contributed by atoms with Gasteiger partial charge < -0.3 is 15.4 Å². The van der Waals surface area contributed by atoms with E-state index in [1.807, 2.05) is 38.1 Å². The highest BCUT2D eigenvalue weighted by Crippen LogP contribution is 2.24. The standard InChI is InChI=1S/C16H20N2O3S/c1-10-3-6-13(7-4-10)17-16(22)18-14(19)8-5-12-9-11(2)21-15(12)20/h3-4,6-7,11-12H,5,8-9H2,1-2H3,(H2,17,18,19,22). The summed E-state index contributed by atoms with van der Waals surface area (Å²) in [6.07, 6.45) is 1.37. The van der Waals surface area contributed by atoms with Crippen molar-refractivity contribution in [2.45, 2.75) is 39.2 Å². The molecule has 5 nitrogen and oxygen atoms in total. The molecule has 118 valence electrons. The number of hydrogen-bond donors (Lipinski definition) is 2. The first-order chi connectivity index (χ1) is 10.4. The van der Waals surface area contributed by atoms with E-state index in [2.05, 4.69) is 10.6 Å². The van der Waals surface area contributed by atoms with Crippen molar-refractivity contribution in [2.24, 2.45) is 5.92 Å². The third kappa shape index (κ3) is 4.80. The van der Waals surface area contributed by atoms with Crippen molar-refractivity contribution < 1.29 is 14.3 Å². The number of aryl methyl sites for hydroxylation is 1. The predicted molar refractivity (Wildman–Crippen MR) is 88.4 cm³/mol. The van der Waals surface area contributed by atoms with Crippen molar-refractivity contribution in [3.63, 3.8) is 0 Å². The number of carbonyl (C=O) groups excluding carboxylic acids is 2. The predicted octanol–water partition coefficient (Wildman–Crippen LogP) is 2.54. The van der Waals surface area contributed by atoms with E-state index in [9.17, 15) is 9.59 Å². The minimum Gasteiger partial charge on any atom is -0.462 e. The number of esters is 1. The molecule has 1 aromatic carbocycles. The van der Waals surface area contributed by atoms with E-state index in [4.69, 9.17) is 17.0 Å². The lowest BCUT2D eigenvalue weighted by Gasteiger charge is -2.10. The molecule has 0 saturated carbocycles. The summed E-state index contributed by atoms with van der Waals surface area (Å²) in [6.45, 7) is 3.86. The minimum absolute atomic E-state index is 0.0511. The molecule has 0 bridgehead atoms. The maximum Gasteiger partial charge on any atom is 0.309 e. The van der Waals surface area contributed by atoms with Crippen LogP contribution in [0.5, 0.6) is 0 Å². The van der Waals surface area contributed by atoms with Crippen LogP contribution in [-0.2, 0) is 14.3 Å². The zero-order valence-corrected chi connectivity index (χ0v) is 13.5. The molecule has 1 heterocycles. The number of amides is 1. The average molecular weight is 320 g/mol. The molecule has 0 aromatic heterocycles. The second-order valence-corrected chi connectivity index (χ2v) is 6.00. The second kappa shape index (κ2) is 7.35. The smallest absolute Gasteiger partial charge is 0.309 e. The van der Waals surface area contributed by atoms with Gasteiger partial charge in [0, 0.05) is 12.1 Å². The molecule has 2 atom stereocenters. The summed E-state index contributed by atoms with van der Waals surface area (Å²) in [7, 11) is 0. The van der Waals surface area contributed by atoms with Crippen LogP contribution in [-0.4, -0.2) is 23.1 Å². The summed E-state index contributed by atoms with van der Waals surface area (Å²) in [5.74, 6) is -0.586. The Hall–Kier alpha value is -1.95. The van der Waals surface area contributed by atoms with Crippen LogP contribution < -0.4 is 10.6 Å². The van der Waals surface area contributed by atoms with E-state index in [0.717, 1.165) is 11.3 Å². The number of ether oxygens (including phenoxy) is 1. The first-order valence-electron chi connectivity index (χ1n) is 7.32. The molecule has 0 radical (unpaired) electrons. The van der Waals surface area contributed by atoms with Crippen molar-refractivity contribution in [3.05, 3.63) is 29.8 Å². The lowest BCUT2D eigenvalue weighted by atomic mass is 9.99. The van der Waals surface area contributed by atoms with Crippen molar-refractivity contribution in [1.29, 1.82) is 0 Å². The van der Waals surface area contributed by atoms with Gasteiger partial charge in [-0.15, -0.1) is 0 Å². The Morgan fingerprint density at radius 3 is 2.64 bits per heavy atom. The zero-order chi connectivity index (χ0) is 16.1. The molecular weight excluding hydrogens is 300 g/mol. The summed E-state index contributed by atoms with van der Waals surface area (Å²) in [5.41, 5.74) is 1.97. The number of nitrogens with one attached hydrogen (secondary N) is 2. The number of benzene rings is 1. The molecule has 1 aliphatic heterocycles. The van der Waals surface area contributed by atoms with Crippen molar-refractivity contribution in [1.82, 2.24) is 5.32 Å². The van der Waals surface area contributed by atoms with Crippen LogP contribution in [0.4, 0.5) is 5.69 Å². The normalized spacial score (nSPS) is 20.4. The Kier molecular flexibility index (Phi) is 5.49. The van der Waals surface area contributed by atoms with Crippen molar-refractivity contribution in [2.75, 3.05) is 5.32 Å². The van der Waals surface area contributed by atoms with Gasteiger partial charge in [-0.3, -0.25) is 9.59 Å². The molecule has 0 aliphatic carbocycles. The van der Waals surface area contributed by atoms with E-state index in [1.54, 1.807) is 0 Å². The number of thiocarbonyl (C=S) groups is 1. The van der Waals surface area contributed by atoms with Crippen LogP contribution in [0.25, 0.3) is 0 Å². The third-order valence-corrected chi connectivity index (χ3v) is 3.75. The molecule has 6 heteroatoms. The first kappa shape index (κ1) is 16.4. The van der Waals surface area contributed by atoms with E-state index >= 15 is 0 Å². The summed E-state index contributed by atoms with van der Waals surface area (Å²) in [5, 5.41) is 5.83. The fourth-order valence-corrected chi connectivity index (χ4v) is 2.60. The lowest BCUT2D eigenvalue weighted by Crippen LogP contribution is -2.34. The Morgan fingerprint density at radius 1 is 1.36 bits per heavy atom. The monoisotopic (exact) mass is 320 g/mol. The van der Waals surface area contributed by atoms with Gasteiger partial charge in [0.2, 0.25) is 5.91 Å². The van der Waals surface area contributed by atoms with Crippen LogP contribution in [0, 0.1) is 12.8 Å². The first-order valence-corrected chi connectivity index (χ1v) is 7.73. The van der Waals surface area contributed by atoms with Crippen molar-refractivity contribution in [3.8, 4) is 0 Å². The Morgan fingerprint density at radius 2 is 2.05 bits per heavy atom. The molecule has 1 amide bonds. The molecule has 2 unspecified atom stereocenters. The Labute approximate surface area is 135 Å². The number of anilines is 1. The van der Waals surface area contributed by atoms with Gasteiger partial charge in [0.05, 0.1) is 12.0 Å². The van der Waals surface area contributed by atoms with Gasteiger partial charge in [-0.1, -0.05) is 17.7 Å². The maximum absolute atomic E-state index is 11.9. The van der Waals surface area contributed by atoms with Crippen molar-refractivity contribution >= 4 is 34.9 Å². The molecule has 22 heavy (non-hydrogen) atoms. The van der Waals surface area contributed by atoms with Gasteiger partial charge >= 0.3 is 5.97 Å². The van der Waals surface area contributed by atoms with Gasteiger partial charge in [-0.05, 0) is 51.0 Å². The van der Waals surface area contributed by atoms with Gasteiger partial charge in [0.25, 0.3) is 0 Å². The number of carbonyl (C=O) groups is 2. The fourth-order valence-electron chi connectivity index (χ4n) is 2.37. The lowest BCUT2D eigenvalue weighted by molar-refractivity contribution is -0.143. The Balaban J connectivity index is 1.73. The quantitative estimate of drug-likeness (QED) is 0.659. The van der Waals surface area contributed by atoms with E-state index in [0.29, 0.717) is 12.8 Å². The van der Waals surface area contributed by atoms with Crippen LogP contribution in [0.1, 0.15) is 31.7 Å². The van der Waals surface area contributed by atoms with Crippen LogP contribution in [0.15, 0.2) is 24.3 Å². The number of cyclic esters (lactones) is 1. The molecule has 1 fully saturated rings. The van der Waals surface area contributed by atoms with Crippen LogP contribution >= 0.6 is 12.2 Å². The summed E-state index contributed by atoms with van der Waals surface area (Å²) < 4.78 is 5.07. The average Bonchev–Trinajstić information content (AvgIpc) is 2.77. The highest BCUT2D eigenvalue weighted by molar-refractivity contribution is 7.80. The van der Waals surface area contributed by atoms with Gasteiger partial charge in [-0.25, -0.2) is 0 Å².